The number of halogens is 3. The molecule has 1 aliphatic heterocycles. The summed E-state index contributed by atoms with van der Waals surface area (Å²) in [5.74, 6) is 1.78. The summed E-state index contributed by atoms with van der Waals surface area (Å²) < 4.78 is 40.6. The lowest BCUT2D eigenvalue weighted by atomic mass is 9.93. The van der Waals surface area contributed by atoms with E-state index in [1.807, 2.05) is 41.3 Å². The molecule has 0 spiro atoms. The molecule has 0 saturated carbocycles. The number of anilines is 2. The van der Waals surface area contributed by atoms with E-state index < -0.39 is 17.5 Å². The number of benzene rings is 1. The van der Waals surface area contributed by atoms with Crippen molar-refractivity contribution >= 4 is 22.8 Å². The number of pyridine rings is 1. The van der Waals surface area contributed by atoms with Crippen molar-refractivity contribution in [2.75, 3.05) is 29.9 Å². The van der Waals surface area contributed by atoms with E-state index in [1.54, 1.807) is 27.1 Å². The highest BCUT2D eigenvalue weighted by molar-refractivity contribution is 5.88. The number of hydrogen-bond donors (Lipinski definition) is 2. The zero-order valence-electron chi connectivity index (χ0n) is 21.5. The van der Waals surface area contributed by atoms with Crippen molar-refractivity contribution in [3.8, 4) is 11.4 Å². The van der Waals surface area contributed by atoms with Gasteiger partial charge in [0.25, 0.3) is 0 Å². The lowest BCUT2D eigenvalue weighted by molar-refractivity contribution is -0.140. The minimum absolute atomic E-state index is 0.308. The number of aryl methyl sites for hydroxylation is 1. The molecule has 0 bridgehead atoms. The molecule has 5 rings (SSSR count). The molecular formula is C27H30F3N7O. The van der Waals surface area contributed by atoms with Gasteiger partial charge in [-0.2, -0.15) is 13.2 Å². The highest BCUT2D eigenvalue weighted by Crippen LogP contribution is 2.33. The molecule has 2 N–H and O–H groups in total. The van der Waals surface area contributed by atoms with Crippen molar-refractivity contribution in [3.05, 3.63) is 60.0 Å². The Morgan fingerprint density at radius 3 is 2.45 bits per heavy atom. The highest BCUT2D eigenvalue weighted by atomic mass is 19.4. The number of hydrogen-bond acceptors (Lipinski definition) is 7. The Labute approximate surface area is 218 Å². The first-order valence-corrected chi connectivity index (χ1v) is 12.5. The molecule has 4 aromatic rings. The number of fused-ring (bicyclic) bond motifs is 1. The van der Waals surface area contributed by atoms with Crippen LogP contribution >= 0.6 is 0 Å². The van der Waals surface area contributed by atoms with Crippen LogP contribution in [0.3, 0.4) is 0 Å². The molecule has 1 aliphatic rings. The van der Waals surface area contributed by atoms with Crippen LogP contribution in [0, 0.1) is 5.92 Å². The Balaban J connectivity index is 1.33. The van der Waals surface area contributed by atoms with Gasteiger partial charge in [0, 0.05) is 44.6 Å². The Morgan fingerprint density at radius 2 is 1.76 bits per heavy atom. The average Bonchev–Trinajstić information content (AvgIpc) is 3.29. The van der Waals surface area contributed by atoms with E-state index in [9.17, 15) is 18.3 Å². The second-order valence-electron chi connectivity index (χ2n) is 10.2. The van der Waals surface area contributed by atoms with Gasteiger partial charge in [-0.1, -0.05) is 24.3 Å². The van der Waals surface area contributed by atoms with Crippen LogP contribution in [0.15, 0.2) is 48.8 Å². The molecule has 0 atom stereocenters. The van der Waals surface area contributed by atoms with Crippen molar-refractivity contribution in [2.45, 2.75) is 38.5 Å². The van der Waals surface area contributed by atoms with E-state index in [0.717, 1.165) is 35.6 Å². The van der Waals surface area contributed by atoms with Gasteiger partial charge in [0.15, 0.2) is 17.2 Å². The van der Waals surface area contributed by atoms with Crippen LogP contribution in [0.4, 0.5) is 24.9 Å². The summed E-state index contributed by atoms with van der Waals surface area (Å²) in [7, 11) is 1.59. The van der Waals surface area contributed by atoms with Crippen LogP contribution in [0.25, 0.3) is 22.4 Å². The number of aromatic nitrogens is 5. The number of nitrogens with one attached hydrogen (secondary N) is 1. The van der Waals surface area contributed by atoms with E-state index in [2.05, 4.69) is 20.3 Å². The summed E-state index contributed by atoms with van der Waals surface area (Å²) in [5, 5.41) is 15.0. The number of imidazole rings is 1. The summed E-state index contributed by atoms with van der Waals surface area (Å²) in [6.07, 6.45) is -0.138. The lowest BCUT2D eigenvalue weighted by Gasteiger charge is -2.32. The second kappa shape index (κ2) is 9.86. The smallest absolute Gasteiger partial charge is 0.386 e. The number of alkyl halides is 3. The molecule has 11 heteroatoms. The van der Waals surface area contributed by atoms with Gasteiger partial charge in [0.1, 0.15) is 5.82 Å². The SMILES string of the molecule is Cn1cc(C(F)(F)F)nc1N1CCC(CNc2nc(-c3ccccc3C(C)(C)O)nc3ncccc23)CC1. The van der Waals surface area contributed by atoms with Crippen LogP contribution < -0.4 is 10.2 Å². The first-order valence-electron chi connectivity index (χ1n) is 12.5. The van der Waals surface area contributed by atoms with Crippen molar-refractivity contribution < 1.29 is 18.3 Å². The molecule has 200 valence electrons. The quantitative estimate of drug-likeness (QED) is 0.366. The fourth-order valence-electron chi connectivity index (χ4n) is 4.89. The van der Waals surface area contributed by atoms with Crippen LogP contribution in [-0.2, 0) is 18.8 Å². The molecule has 8 nitrogen and oxygen atoms in total. The van der Waals surface area contributed by atoms with Gasteiger partial charge in [-0.15, -0.1) is 0 Å². The molecule has 0 aliphatic carbocycles. The number of piperidine rings is 1. The van der Waals surface area contributed by atoms with Crippen molar-refractivity contribution in [3.63, 3.8) is 0 Å². The Morgan fingerprint density at radius 1 is 1.03 bits per heavy atom. The molecule has 3 aromatic heterocycles. The molecule has 4 heterocycles. The normalized spacial score (nSPS) is 15.3. The summed E-state index contributed by atoms with van der Waals surface area (Å²) >= 11 is 0. The molecule has 0 radical (unpaired) electrons. The summed E-state index contributed by atoms with van der Waals surface area (Å²) in [6, 6.07) is 11.3. The number of nitrogens with zero attached hydrogens (tertiary/aromatic N) is 6. The molecule has 1 aromatic carbocycles. The van der Waals surface area contributed by atoms with Crippen molar-refractivity contribution in [1.82, 2.24) is 24.5 Å². The van der Waals surface area contributed by atoms with Gasteiger partial charge in [-0.3, -0.25) is 0 Å². The summed E-state index contributed by atoms with van der Waals surface area (Å²) in [6.45, 7) is 5.34. The Hall–Kier alpha value is -3.73. The second-order valence-corrected chi connectivity index (χ2v) is 10.2. The standard InChI is InChI=1S/C27H30F3N7O/c1-26(2,38)20-9-5-4-7-18(20)24-34-22-19(8-6-12-31-22)23(35-24)32-15-17-10-13-37(14-11-17)25-33-21(16-36(25)3)27(28,29)30/h4-9,12,16-17,38H,10-11,13-15H2,1-3H3,(H,31,32,34,35). The van der Waals surface area contributed by atoms with Crippen LogP contribution in [0.2, 0.25) is 0 Å². The third-order valence-corrected chi connectivity index (χ3v) is 6.90. The maximum absolute atomic E-state index is 13.1. The largest absolute Gasteiger partial charge is 0.434 e. The topological polar surface area (TPSA) is 92.0 Å². The van der Waals surface area contributed by atoms with Gasteiger partial charge >= 0.3 is 6.18 Å². The van der Waals surface area contributed by atoms with E-state index in [-0.39, 0.29) is 0 Å². The van der Waals surface area contributed by atoms with Gasteiger partial charge in [-0.25, -0.2) is 19.9 Å². The molecular weight excluding hydrogens is 495 g/mol. The van der Waals surface area contributed by atoms with E-state index in [4.69, 9.17) is 4.98 Å². The molecule has 1 saturated heterocycles. The van der Waals surface area contributed by atoms with Crippen LogP contribution in [0.1, 0.15) is 37.9 Å². The number of rotatable bonds is 6. The van der Waals surface area contributed by atoms with Crippen molar-refractivity contribution in [1.29, 1.82) is 0 Å². The van der Waals surface area contributed by atoms with E-state index in [0.29, 0.717) is 48.8 Å². The zero-order valence-corrected chi connectivity index (χ0v) is 21.5. The minimum Gasteiger partial charge on any atom is -0.386 e. The zero-order chi connectivity index (χ0) is 27.1. The van der Waals surface area contributed by atoms with E-state index in [1.165, 1.54) is 4.57 Å². The highest BCUT2D eigenvalue weighted by Gasteiger charge is 2.35. The average molecular weight is 526 g/mol. The number of aliphatic hydroxyl groups is 1. The maximum Gasteiger partial charge on any atom is 0.434 e. The third kappa shape index (κ3) is 5.28. The van der Waals surface area contributed by atoms with Crippen LogP contribution in [0.5, 0.6) is 0 Å². The predicted molar refractivity (Wildman–Crippen MR) is 140 cm³/mol. The monoisotopic (exact) mass is 525 g/mol. The fraction of sp³-hybridized carbons (Fsp3) is 0.407. The van der Waals surface area contributed by atoms with Gasteiger partial charge < -0.3 is 19.9 Å². The van der Waals surface area contributed by atoms with Gasteiger partial charge in [-0.05, 0) is 50.3 Å². The molecule has 38 heavy (non-hydrogen) atoms. The third-order valence-electron chi connectivity index (χ3n) is 6.90. The first-order chi connectivity index (χ1) is 18.0. The molecule has 1 fully saturated rings. The van der Waals surface area contributed by atoms with Gasteiger partial charge in [0.05, 0.1) is 11.0 Å². The molecule has 0 unspecified atom stereocenters. The van der Waals surface area contributed by atoms with Crippen LogP contribution in [-0.4, -0.2) is 49.2 Å². The lowest BCUT2D eigenvalue weighted by Crippen LogP contribution is -2.37. The van der Waals surface area contributed by atoms with E-state index >= 15 is 0 Å². The predicted octanol–water partition coefficient (Wildman–Crippen LogP) is 5.00. The van der Waals surface area contributed by atoms with Gasteiger partial charge in [0.2, 0.25) is 5.95 Å². The summed E-state index contributed by atoms with van der Waals surface area (Å²) in [4.78, 5) is 19.7. The first kappa shape index (κ1) is 25.9. The van der Waals surface area contributed by atoms with Crippen molar-refractivity contribution in [2.24, 2.45) is 13.0 Å². The minimum atomic E-state index is -4.46. The Kier molecular flexibility index (Phi) is 6.72. The fourth-order valence-corrected chi connectivity index (χ4v) is 4.89. The Bertz CT molecular complexity index is 1440. The maximum atomic E-state index is 13.1. The summed E-state index contributed by atoms with van der Waals surface area (Å²) in [5.41, 5.74) is 0.0590. The molecule has 0 amide bonds.